The molecule has 2 aromatic rings. The summed E-state index contributed by atoms with van der Waals surface area (Å²) in [5.41, 5.74) is 0. The summed E-state index contributed by atoms with van der Waals surface area (Å²) in [5, 5.41) is 1.71. The maximum atomic E-state index is 10.0. The van der Waals surface area contributed by atoms with Crippen LogP contribution in [0.5, 0.6) is 0 Å². The van der Waals surface area contributed by atoms with Crippen LogP contribution in [0, 0.1) is 0 Å². The number of aromatic amines is 2. The van der Waals surface area contributed by atoms with Crippen LogP contribution in [-0.4, -0.2) is 15.0 Å². The molecule has 0 amide bonds. The molecule has 0 atom stereocenters. The molecule has 11 heavy (non-hydrogen) atoms. The normalized spacial score (nSPS) is 8.36. The number of nitrogens with zero attached hydrogens (tertiary/aromatic N) is 1. The summed E-state index contributed by atoms with van der Waals surface area (Å²) in [7, 11) is 0. The minimum absolute atomic E-state index is 0.00926. The Balaban J connectivity index is 0.000000112. The number of thiazole rings is 1. The van der Waals surface area contributed by atoms with Crippen molar-refractivity contribution in [2.24, 2.45) is 0 Å². The molecule has 0 unspecified atom stereocenters. The number of hydrogen-bond donors (Lipinski definition) is 2. The van der Waals surface area contributed by atoms with Crippen LogP contribution in [0.3, 0.4) is 0 Å². The van der Waals surface area contributed by atoms with Crippen molar-refractivity contribution < 1.29 is 0 Å². The molecule has 0 aromatic carbocycles. The van der Waals surface area contributed by atoms with E-state index in [0.29, 0.717) is 0 Å². The van der Waals surface area contributed by atoms with E-state index in [0.717, 1.165) is 0 Å². The predicted molar refractivity (Wildman–Crippen MR) is 43.5 cm³/mol. The SMILES string of the molecule is O=c1[nH]ccs1.c1c[nH]cn1. The van der Waals surface area contributed by atoms with Crippen LogP contribution in [0.4, 0.5) is 0 Å². The maximum Gasteiger partial charge on any atom is 0.304 e. The highest BCUT2D eigenvalue weighted by Crippen LogP contribution is 1.76. The third-order valence-corrected chi connectivity index (χ3v) is 1.45. The molecule has 0 bridgehead atoms. The second-order valence-corrected chi connectivity index (χ2v) is 2.49. The highest BCUT2D eigenvalue weighted by Gasteiger charge is 1.72. The van der Waals surface area contributed by atoms with E-state index in [1.807, 2.05) is 0 Å². The van der Waals surface area contributed by atoms with Gasteiger partial charge in [-0.05, 0) is 0 Å². The van der Waals surface area contributed by atoms with Crippen molar-refractivity contribution in [3.05, 3.63) is 40.0 Å². The van der Waals surface area contributed by atoms with Gasteiger partial charge in [-0.25, -0.2) is 4.98 Å². The molecule has 2 N–H and O–H groups in total. The van der Waals surface area contributed by atoms with Gasteiger partial charge in [-0.1, -0.05) is 11.3 Å². The molecule has 0 aliphatic heterocycles. The van der Waals surface area contributed by atoms with Crippen LogP contribution >= 0.6 is 11.3 Å². The van der Waals surface area contributed by atoms with Crippen molar-refractivity contribution in [3.8, 4) is 0 Å². The molecule has 0 aliphatic rings. The predicted octanol–water partition coefficient (Wildman–Crippen LogP) is 0.846. The van der Waals surface area contributed by atoms with E-state index in [1.165, 1.54) is 11.3 Å². The molecule has 58 valence electrons. The molecule has 0 fully saturated rings. The zero-order valence-corrected chi connectivity index (χ0v) is 6.47. The largest absolute Gasteiger partial charge is 0.351 e. The average molecular weight is 169 g/mol. The van der Waals surface area contributed by atoms with Gasteiger partial charge >= 0.3 is 4.87 Å². The first kappa shape index (κ1) is 7.74. The smallest absolute Gasteiger partial charge is 0.304 e. The topological polar surface area (TPSA) is 61.5 Å². The van der Waals surface area contributed by atoms with Crippen molar-refractivity contribution in [1.29, 1.82) is 0 Å². The number of nitrogens with one attached hydrogen (secondary N) is 2. The first-order valence-electron chi connectivity index (χ1n) is 2.94. The summed E-state index contributed by atoms with van der Waals surface area (Å²) in [5.74, 6) is 0. The van der Waals surface area contributed by atoms with Crippen LogP contribution in [0.25, 0.3) is 0 Å². The summed E-state index contributed by atoms with van der Waals surface area (Å²) in [6.07, 6.45) is 6.70. The van der Waals surface area contributed by atoms with Crippen LogP contribution in [0.2, 0.25) is 0 Å². The van der Waals surface area contributed by atoms with E-state index in [4.69, 9.17) is 0 Å². The van der Waals surface area contributed by atoms with Gasteiger partial charge in [-0.15, -0.1) is 0 Å². The standard InChI is InChI=1S/C3H4N2.C3H3NOS/c1-2-5-3-4-1;5-3-4-1-2-6-3/h1-3H,(H,4,5);1-2H,(H,4,5). The lowest BCUT2D eigenvalue weighted by Crippen LogP contribution is -1.87. The van der Waals surface area contributed by atoms with Crippen molar-refractivity contribution in [2.75, 3.05) is 0 Å². The fraction of sp³-hybridized carbons (Fsp3) is 0. The Hall–Kier alpha value is -1.36. The molecule has 0 saturated heterocycles. The molecule has 0 spiro atoms. The Morgan fingerprint density at radius 3 is 2.55 bits per heavy atom. The van der Waals surface area contributed by atoms with E-state index in [2.05, 4.69) is 15.0 Å². The quantitative estimate of drug-likeness (QED) is 0.614. The van der Waals surface area contributed by atoms with Crippen molar-refractivity contribution >= 4 is 11.3 Å². The Morgan fingerprint density at radius 2 is 2.36 bits per heavy atom. The van der Waals surface area contributed by atoms with Gasteiger partial charge in [0.15, 0.2) is 0 Å². The van der Waals surface area contributed by atoms with E-state index >= 15 is 0 Å². The van der Waals surface area contributed by atoms with Crippen molar-refractivity contribution in [2.45, 2.75) is 0 Å². The molecule has 2 aromatic heterocycles. The zero-order valence-electron chi connectivity index (χ0n) is 5.65. The summed E-state index contributed by atoms with van der Waals surface area (Å²) >= 11 is 1.17. The first-order chi connectivity index (χ1) is 5.39. The maximum absolute atomic E-state index is 10.0. The Bertz CT molecular complexity index is 276. The van der Waals surface area contributed by atoms with Gasteiger partial charge in [0.2, 0.25) is 0 Å². The molecule has 2 rings (SSSR count). The lowest BCUT2D eigenvalue weighted by Gasteiger charge is -1.49. The lowest BCUT2D eigenvalue weighted by atomic mass is 11.0. The second-order valence-electron chi connectivity index (χ2n) is 1.61. The van der Waals surface area contributed by atoms with E-state index < -0.39 is 0 Å². The van der Waals surface area contributed by atoms with Crippen molar-refractivity contribution in [1.82, 2.24) is 15.0 Å². The Kier molecular flexibility index (Phi) is 3.14. The molecule has 5 heteroatoms. The van der Waals surface area contributed by atoms with Gasteiger partial charge in [0.25, 0.3) is 0 Å². The number of hydrogen-bond acceptors (Lipinski definition) is 3. The summed E-state index contributed by atoms with van der Waals surface area (Å²) in [6.45, 7) is 0. The molecular formula is C6H7N3OS. The first-order valence-corrected chi connectivity index (χ1v) is 3.82. The highest BCUT2D eigenvalue weighted by molar-refractivity contribution is 7.07. The summed E-state index contributed by atoms with van der Waals surface area (Å²) in [4.78, 5) is 18.9. The Labute approximate surface area is 66.9 Å². The fourth-order valence-corrected chi connectivity index (χ4v) is 0.843. The zero-order chi connectivity index (χ0) is 7.94. The van der Waals surface area contributed by atoms with Crippen LogP contribution in [0.15, 0.2) is 35.1 Å². The van der Waals surface area contributed by atoms with E-state index in [9.17, 15) is 4.79 Å². The number of rotatable bonds is 0. The molecule has 2 heterocycles. The molecule has 4 nitrogen and oxygen atoms in total. The molecule has 0 saturated carbocycles. The highest BCUT2D eigenvalue weighted by atomic mass is 32.1. The monoisotopic (exact) mass is 169 g/mol. The minimum atomic E-state index is 0.00926. The van der Waals surface area contributed by atoms with Gasteiger partial charge in [0.05, 0.1) is 6.33 Å². The van der Waals surface area contributed by atoms with Crippen LogP contribution < -0.4 is 4.87 Å². The number of imidazole rings is 1. The van der Waals surface area contributed by atoms with Crippen molar-refractivity contribution in [3.63, 3.8) is 0 Å². The fourth-order valence-electron chi connectivity index (χ4n) is 0.447. The van der Waals surface area contributed by atoms with Gasteiger partial charge in [0, 0.05) is 24.0 Å². The van der Waals surface area contributed by atoms with E-state index in [-0.39, 0.29) is 4.87 Å². The van der Waals surface area contributed by atoms with E-state index in [1.54, 1.807) is 30.3 Å². The molecule has 0 radical (unpaired) electrons. The van der Waals surface area contributed by atoms with Gasteiger partial charge in [-0.3, -0.25) is 4.79 Å². The van der Waals surface area contributed by atoms with Gasteiger partial charge in [0.1, 0.15) is 0 Å². The summed E-state index contributed by atoms with van der Waals surface area (Å²) < 4.78 is 0. The number of H-pyrrole nitrogens is 2. The third kappa shape index (κ3) is 3.36. The Morgan fingerprint density at radius 1 is 1.45 bits per heavy atom. The average Bonchev–Trinajstić information content (AvgIpc) is 2.57. The minimum Gasteiger partial charge on any atom is -0.351 e. The molecular weight excluding hydrogens is 162 g/mol. The molecule has 0 aliphatic carbocycles. The number of aromatic nitrogens is 3. The van der Waals surface area contributed by atoms with Crippen LogP contribution in [0.1, 0.15) is 0 Å². The summed E-state index contributed by atoms with van der Waals surface area (Å²) in [6, 6.07) is 0. The lowest BCUT2D eigenvalue weighted by molar-refractivity contribution is 1.31. The van der Waals surface area contributed by atoms with Gasteiger partial charge in [-0.2, -0.15) is 0 Å². The third-order valence-electron chi connectivity index (χ3n) is 0.850. The second kappa shape index (κ2) is 4.45. The van der Waals surface area contributed by atoms with Gasteiger partial charge < -0.3 is 9.97 Å². The van der Waals surface area contributed by atoms with Crippen LogP contribution in [-0.2, 0) is 0 Å².